The lowest BCUT2D eigenvalue weighted by Gasteiger charge is -2.16. The maximum absolute atomic E-state index is 11.0. The predicted octanol–water partition coefficient (Wildman–Crippen LogP) is 3.63. The van der Waals surface area contributed by atoms with Crippen LogP contribution in [0.4, 0.5) is 11.4 Å². The van der Waals surface area contributed by atoms with Crippen molar-refractivity contribution in [2.45, 2.75) is 51.5 Å². The highest BCUT2D eigenvalue weighted by molar-refractivity contribution is 5.62. The lowest BCUT2D eigenvalue weighted by Crippen LogP contribution is -2.32. The van der Waals surface area contributed by atoms with E-state index in [1.807, 2.05) is 13.0 Å². The van der Waals surface area contributed by atoms with Crippen LogP contribution < -0.4 is 10.6 Å². The van der Waals surface area contributed by atoms with Crippen LogP contribution >= 0.6 is 0 Å². The topological polar surface area (TPSA) is 67.2 Å². The Morgan fingerprint density at radius 2 is 1.90 bits per heavy atom. The van der Waals surface area contributed by atoms with Crippen LogP contribution in [0.2, 0.25) is 0 Å². The number of rotatable bonds is 6. The summed E-state index contributed by atoms with van der Waals surface area (Å²) >= 11 is 0. The largest absolute Gasteiger partial charge is 0.378 e. The Labute approximate surface area is 126 Å². The fourth-order valence-corrected chi connectivity index (χ4v) is 2.91. The number of nitro benzene ring substituents is 1. The van der Waals surface area contributed by atoms with Crippen LogP contribution in [0.25, 0.3) is 0 Å². The van der Waals surface area contributed by atoms with Gasteiger partial charge in [0.15, 0.2) is 0 Å². The van der Waals surface area contributed by atoms with Crippen LogP contribution in [0.5, 0.6) is 0 Å². The van der Waals surface area contributed by atoms with Gasteiger partial charge in [0, 0.05) is 25.2 Å². The molecule has 2 N–H and O–H groups in total. The highest BCUT2D eigenvalue weighted by Gasteiger charge is 2.14. The van der Waals surface area contributed by atoms with Crippen molar-refractivity contribution in [3.8, 4) is 0 Å². The third-order valence-electron chi connectivity index (χ3n) is 4.08. The minimum absolute atomic E-state index is 0.148. The SMILES string of the molecule is Cc1ccc([N+](=O)[O-])c(NCCNC2CCCCCC2)c1. The van der Waals surface area contributed by atoms with Gasteiger partial charge in [-0.15, -0.1) is 0 Å². The fourth-order valence-electron chi connectivity index (χ4n) is 2.91. The van der Waals surface area contributed by atoms with Crippen LogP contribution in [0.3, 0.4) is 0 Å². The van der Waals surface area contributed by atoms with Crippen LogP contribution in [0.15, 0.2) is 18.2 Å². The molecule has 1 aliphatic carbocycles. The van der Waals surface area contributed by atoms with E-state index in [0.29, 0.717) is 18.3 Å². The van der Waals surface area contributed by atoms with Gasteiger partial charge in [-0.1, -0.05) is 31.7 Å². The molecule has 0 amide bonds. The second-order valence-corrected chi connectivity index (χ2v) is 5.85. The summed E-state index contributed by atoms with van der Waals surface area (Å²) in [5.41, 5.74) is 1.79. The minimum Gasteiger partial charge on any atom is -0.378 e. The number of benzene rings is 1. The lowest BCUT2D eigenvalue weighted by molar-refractivity contribution is -0.384. The Kier molecular flexibility index (Phi) is 5.99. The van der Waals surface area contributed by atoms with Gasteiger partial charge >= 0.3 is 0 Å². The molecule has 0 radical (unpaired) electrons. The summed E-state index contributed by atoms with van der Waals surface area (Å²) in [6, 6.07) is 5.79. The molecule has 21 heavy (non-hydrogen) atoms. The smallest absolute Gasteiger partial charge is 0.292 e. The van der Waals surface area contributed by atoms with Crippen molar-refractivity contribution in [3.05, 3.63) is 33.9 Å². The second-order valence-electron chi connectivity index (χ2n) is 5.85. The molecule has 0 aliphatic heterocycles. The first-order valence-corrected chi connectivity index (χ1v) is 7.89. The van der Waals surface area contributed by atoms with Crippen LogP contribution in [-0.4, -0.2) is 24.1 Å². The van der Waals surface area contributed by atoms with Crippen molar-refractivity contribution in [2.75, 3.05) is 18.4 Å². The van der Waals surface area contributed by atoms with Gasteiger partial charge in [-0.3, -0.25) is 10.1 Å². The van der Waals surface area contributed by atoms with Crippen LogP contribution in [-0.2, 0) is 0 Å². The van der Waals surface area contributed by atoms with E-state index in [1.165, 1.54) is 38.5 Å². The van der Waals surface area contributed by atoms with E-state index in [4.69, 9.17) is 0 Å². The van der Waals surface area contributed by atoms with Crippen molar-refractivity contribution < 1.29 is 4.92 Å². The third kappa shape index (κ3) is 5.01. The Bertz CT molecular complexity index is 469. The zero-order chi connectivity index (χ0) is 15.1. The van der Waals surface area contributed by atoms with Crippen LogP contribution in [0.1, 0.15) is 44.1 Å². The van der Waals surface area contributed by atoms with E-state index in [9.17, 15) is 10.1 Å². The molecule has 0 bridgehead atoms. The maximum Gasteiger partial charge on any atom is 0.292 e. The molecule has 0 saturated heterocycles. The number of nitro groups is 1. The standard InChI is InChI=1S/C16H25N3O2/c1-13-8-9-16(19(20)21)15(12-13)18-11-10-17-14-6-4-2-3-5-7-14/h8-9,12,14,17-18H,2-7,10-11H2,1H3. The van der Waals surface area contributed by atoms with E-state index < -0.39 is 0 Å². The predicted molar refractivity (Wildman–Crippen MR) is 85.8 cm³/mol. The summed E-state index contributed by atoms with van der Waals surface area (Å²) in [5.74, 6) is 0. The normalized spacial score (nSPS) is 16.4. The molecule has 0 unspecified atom stereocenters. The summed E-state index contributed by atoms with van der Waals surface area (Å²) in [5, 5.41) is 17.8. The average Bonchev–Trinajstić information content (AvgIpc) is 2.72. The highest BCUT2D eigenvalue weighted by atomic mass is 16.6. The van der Waals surface area contributed by atoms with Gasteiger partial charge in [0.1, 0.15) is 5.69 Å². The zero-order valence-electron chi connectivity index (χ0n) is 12.7. The molecular weight excluding hydrogens is 266 g/mol. The summed E-state index contributed by atoms with van der Waals surface area (Å²) < 4.78 is 0. The first kappa shape index (κ1) is 15.8. The lowest BCUT2D eigenvalue weighted by atomic mass is 10.1. The van der Waals surface area contributed by atoms with Gasteiger partial charge < -0.3 is 10.6 Å². The van der Waals surface area contributed by atoms with Crippen molar-refractivity contribution >= 4 is 11.4 Å². The van der Waals surface area contributed by atoms with E-state index in [0.717, 1.165) is 12.1 Å². The molecular formula is C16H25N3O2. The molecule has 0 aromatic heterocycles. The molecule has 5 nitrogen and oxygen atoms in total. The molecule has 1 fully saturated rings. The molecule has 2 rings (SSSR count). The Morgan fingerprint density at radius 1 is 1.19 bits per heavy atom. The van der Waals surface area contributed by atoms with Gasteiger partial charge in [-0.05, 0) is 31.4 Å². The third-order valence-corrected chi connectivity index (χ3v) is 4.08. The minimum atomic E-state index is -0.333. The Balaban J connectivity index is 1.80. The number of nitrogens with one attached hydrogen (secondary N) is 2. The van der Waals surface area contributed by atoms with Gasteiger partial charge in [0.2, 0.25) is 0 Å². The Morgan fingerprint density at radius 3 is 2.57 bits per heavy atom. The molecule has 1 aromatic carbocycles. The van der Waals surface area contributed by atoms with E-state index >= 15 is 0 Å². The van der Waals surface area contributed by atoms with Crippen LogP contribution in [0, 0.1) is 17.0 Å². The summed E-state index contributed by atoms with van der Waals surface area (Å²) in [6.07, 6.45) is 7.84. The van der Waals surface area contributed by atoms with Gasteiger partial charge in [-0.2, -0.15) is 0 Å². The zero-order valence-corrected chi connectivity index (χ0v) is 12.7. The fraction of sp³-hybridized carbons (Fsp3) is 0.625. The number of anilines is 1. The van der Waals surface area contributed by atoms with Crippen molar-refractivity contribution in [2.24, 2.45) is 0 Å². The first-order chi connectivity index (χ1) is 10.2. The van der Waals surface area contributed by atoms with E-state index in [1.54, 1.807) is 12.1 Å². The number of hydrogen-bond acceptors (Lipinski definition) is 4. The molecule has 0 heterocycles. The first-order valence-electron chi connectivity index (χ1n) is 7.89. The number of aryl methyl sites for hydroxylation is 1. The molecule has 0 spiro atoms. The highest BCUT2D eigenvalue weighted by Crippen LogP contribution is 2.24. The summed E-state index contributed by atoms with van der Waals surface area (Å²) in [4.78, 5) is 10.7. The second kappa shape index (κ2) is 7.98. The number of nitrogens with zero attached hydrogens (tertiary/aromatic N) is 1. The molecule has 1 aliphatic rings. The summed E-state index contributed by atoms with van der Waals surface area (Å²) in [7, 11) is 0. The van der Waals surface area contributed by atoms with Crippen molar-refractivity contribution in [1.29, 1.82) is 0 Å². The average molecular weight is 291 g/mol. The van der Waals surface area contributed by atoms with Gasteiger partial charge in [0.25, 0.3) is 5.69 Å². The molecule has 1 aromatic rings. The Hall–Kier alpha value is -1.62. The van der Waals surface area contributed by atoms with Crippen molar-refractivity contribution in [1.82, 2.24) is 5.32 Å². The monoisotopic (exact) mass is 291 g/mol. The van der Waals surface area contributed by atoms with E-state index in [-0.39, 0.29) is 10.6 Å². The molecule has 116 valence electrons. The number of hydrogen-bond donors (Lipinski definition) is 2. The van der Waals surface area contributed by atoms with Gasteiger partial charge in [-0.25, -0.2) is 0 Å². The quantitative estimate of drug-likeness (QED) is 0.363. The summed E-state index contributed by atoms with van der Waals surface area (Å²) in [6.45, 7) is 3.50. The molecule has 0 atom stereocenters. The van der Waals surface area contributed by atoms with E-state index in [2.05, 4.69) is 10.6 Å². The molecule has 5 heteroatoms. The van der Waals surface area contributed by atoms with Gasteiger partial charge in [0.05, 0.1) is 4.92 Å². The van der Waals surface area contributed by atoms with Crippen molar-refractivity contribution in [3.63, 3.8) is 0 Å². The maximum atomic E-state index is 11.0. The molecule has 1 saturated carbocycles.